The van der Waals surface area contributed by atoms with Gasteiger partial charge in [-0.25, -0.2) is 9.97 Å². The maximum atomic E-state index is 9.01. The van der Waals surface area contributed by atoms with Crippen molar-refractivity contribution < 1.29 is 0 Å². The number of nitrogens with one attached hydrogen (secondary N) is 1. The third-order valence-corrected chi connectivity index (χ3v) is 3.88. The van der Waals surface area contributed by atoms with Crippen molar-refractivity contribution >= 4 is 16.7 Å². The highest BCUT2D eigenvalue weighted by Crippen LogP contribution is 2.25. The van der Waals surface area contributed by atoms with E-state index in [0.717, 1.165) is 42.4 Å². The summed E-state index contributed by atoms with van der Waals surface area (Å²) in [5, 5.41) is 13.4. The van der Waals surface area contributed by atoms with Gasteiger partial charge in [-0.1, -0.05) is 0 Å². The zero-order valence-corrected chi connectivity index (χ0v) is 11.2. The minimum absolute atomic E-state index is 0.334. The van der Waals surface area contributed by atoms with E-state index in [1.165, 1.54) is 0 Å². The Morgan fingerprint density at radius 3 is 2.75 bits per heavy atom. The number of anilines is 1. The normalized spacial score (nSPS) is 22.4. The molecule has 1 aliphatic rings. The Morgan fingerprint density at radius 1 is 1.20 bits per heavy atom. The second kappa shape index (κ2) is 5.43. The van der Waals surface area contributed by atoms with Crippen LogP contribution in [0, 0.1) is 11.3 Å². The van der Waals surface area contributed by atoms with E-state index in [2.05, 4.69) is 21.4 Å². The fraction of sp³-hybridized carbons (Fsp3) is 0.400. The lowest BCUT2D eigenvalue weighted by Gasteiger charge is -2.27. The first kappa shape index (κ1) is 12.8. The van der Waals surface area contributed by atoms with Crippen molar-refractivity contribution in [2.45, 2.75) is 37.8 Å². The van der Waals surface area contributed by atoms with E-state index in [1.54, 1.807) is 12.4 Å². The lowest BCUT2D eigenvalue weighted by Crippen LogP contribution is -2.33. The van der Waals surface area contributed by atoms with Crippen LogP contribution in [0.15, 0.2) is 24.5 Å². The second-order valence-electron chi connectivity index (χ2n) is 5.32. The van der Waals surface area contributed by atoms with Gasteiger partial charge in [-0.2, -0.15) is 5.26 Å². The molecule has 1 heterocycles. The molecule has 1 saturated carbocycles. The van der Waals surface area contributed by atoms with Crippen LogP contribution < -0.4 is 11.1 Å². The number of nitrogens with zero attached hydrogens (tertiary/aromatic N) is 3. The molecule has 0 atom stereocenters. The summed E-state index contributed by atoms with van der Waals surface area (Å²) in [6.45, 7) is 0. The quantitative estimate of drug-likeness (QED) is 0.870. The first-order valence-corrected chi connectivity index (χ1v) is 6.93. The van der Waals surface area contributed by atoms with Crippen LogP contribution in [-0.2, 0) is 0 Å². The molecule has 1 aromatic heterocycles. The van der Waals surface area contributed by atoms with Crippen LogP contribution in [0.25, 0.3) is 10.9 Å². The van der Waals surface area contributed by atoms with Crippen molar-refractivity contribution in [3.05, 3.63) is 30.1 Å². The standard InChI is InChI=1S/C15H17N5/c16-8-10-1-6-14-13(7-10)15(19-9-18-14)20-12-4-2-11(17)3-5-12/h1,6-7,9,11-12H,2-5,17H2,(H,18,19,20). The molecule has 0 bridgehead atoms. The lowest BCUT2D eigenvalue weighted by atomic mass is 9.92. The third-order valence-electron chi connectivity index (χ3n) is 3.88. The van der Waals surface area contributed by atoms with Crippen LogP contribution in [0.3, 0.4) is 0 Å². The van der Waals surface area contributed by atoms with Gasteiger partial charge in [-0.3, -0.25) is 0 Å². The Morgan fingerprint density at radius 2 is 2.00 bits per heavy atom. The first-order valence-electron chi connectivity index (χ1n) is 6.93. The maximum Gasteiger partial charge on any atom is 0.137 e. The highest BCUT2D eigenvalue weighted by atomic mass is 15.0. The highest BCUT2D eigenvalue weighted by molar-refractivity contribution is 5.89. The summed E-state index contributed by atoms with van der Waals surface area (Å²) < 4.78 is 0. The summed E-state index contributed by atoms with van der Waals surface area (Å²) in [6, 6.07) is 8.37. The van der Waals surface area contributed by atoms with Crippen LogP contribution in [0.1, 0.15) is 31.2 Å². The number of rotatable bonds is 2. The molecular weight excluding hydrogens is 250 g/mol. The zero-order valence-electron chi connectivity index (χ0n) is 11.2. The van der Waals surface area contributed by atoms with E-state index in [9.17, 15) is 0 Å². The molecule has 1 fully saturated rings. The van der Waals surface area contributed by atoms with Gasteiger partial charge >= 0.3 is 0 Å². The minimum Gasteiger partial charge on any atom is -0.367 e. The van der Waals surface area contributed by atoms with Crippen LogP contribution in [-0.4, -0.2) is 22.1 Å². The number of fused-ring (bicyclic) bond motifs is 1. The van der Waals surface area contributed by atoms with Gasteiger partial charge in [0.25, 0.3) is 0 Å². The van der Waals surface area contributed by atoms with Gasteiger partial charge in [0.15, 0.2) is 0 Å². The van der Waals surface area contributed by atoms with Crippen molar-refractivity contribution in [3.63, 3.8) is 0 Å². The number of nitriles is 1. The van der Waals surface area contributed by atoms with E-state index < -0.39 is 0 Å². The Balaban J connectivity index is 1.89. The molecular formula is C15H17N5. The van der Waals surface area contributed by atoms with Gasteiger partial charge in [0.2, 0.25) is 0 Å². The molecule has 1 aromatic carbocycles. The molecule has 0 saturated heterocycles. The van der Waals surface area contributed by atoms with Gasteiger partial charge in [0, 0.05) is 17.5 Å². The smallest absolute Gasteiger partial charge is 0.137 e. The third kappa shape index (κ3) is 2.56. The van der Waals surface area contributed by atoms with Crippen molar-refractivity contribution in [1.29, 1.82) is 5.26 Å². The average Bonchev–Trinajstić information content (AvgIpc) is 2.49. The predicted molar refractivity (Wildman–Crippen MR) is 78.1 cm³/mol. The summed E-state index contributed by atoms with van der Waals surface area (Å²) >= 11 is 0. The van der Waals surface area contributed by atoms with Crippen molar-refractivity contribution in [1.82, 2.24) is 9.97 Å². The summed E-state index contributed by atoms with van der Waals surface area (Å²) in [4.78, 5) is 8.57. The molecule has 0 unspecified atom stereocenters. The van der Waals surface area contributed by atoms with Crippen LogP contribution in [0.5, 0.6) is 0 Å². The summed E-state index contributed by atoms with van der Waals surface area (Å²) in [6.07, 6.45) is 5.77. The number of nitrogens with two attached hydrogens (primary N) is 1. The summed E-state index contributed by atoms with van der Waals surface area (Å²) in [5.74, 6) is 0.813. The Hall–Kier alpha value is -2.19. The first-order chi connectivity index (χ1) is 9.76. The molecule has 0 spiro atoms. The molecule has 0 aliphatic heterocycles. The molecule has 0 radical (unpaired) electrons. The van der Waals surface area contributed by atoms with E-state index in [-0.39, 0.29) is 0 Å². The monoisotopic (exact) mass is 267 g/mol. The molecule has 20 heavy (non-hydrogen) atoms. The average molecular weight is 267 g/mol. The molecule has 0 amide bonds. The van der Waals surface area contributed by atoms with E-state index >= 15 is 0 Å². The zero-order chi connectivity index (χ0) is 13.9. The van der Waals surface area contributed by atoms with E-state index in [1.807, 2.05) is 12.1 Å². The number of aromatic nitrogens is 2. The molecule has 3 N–H and O–H groups in total. The highest BCUT2D eigenvalue weighted by Gasteiger charge is 2.19. The van der Waals surface area contributed by atoms with Gasteiger partial charge in [-0.05, 0) is 43.9 Å². The molecule has 5 nitrogen and oxygen atoms in total. The Kier molecular flexibility index (Phi) is 3.48. The molecule has 5 heteroatoms. The Labute approximate surface area is 117 Å². The number of hydrogen-bond acceptors (Lipinski definition) is 5. The van der Waals surface area contributed by atoms with Gasteiger partial charge in [-0.15, -0.1) is 0 Å². The fourth-order valence-electron chi connectivity index (χ4n) is 2.70. The van der Waals surface area contributed by atoms with Crippen LogP contribution in [0.2, 0.25) is 0 Å². The molecule has 3 rings (SSSR count). The van der Waals surface area contributed by atoms with Gasteiger partial charge in [0.1, 0.15) is 12.1 Å². The topological polar surface area (TPSA) is 87.6 Å². The van der Waals surface area contributed by atoms with E-state index in [4.69, 9.17) is 11.0 Å². The number of hydrogen-bond donors (Lipinski definition) is 2. The van der Waals surface area contributed by atoms with Crippen molar-refractivity contribution in [3.8, 4) is 6.07 Å². The molecule has 102 valence electrons. The van der Waals surface area contributed by atoms with Crippen molar-refractivity contribution in [2.75, 3.05) is 5.32 Å². The SMILES string of the molecule is N#Cc1ccc2ncnc(NC3CCC(N)CC3)c2c1. The lowest BCUT2D eigenvalue weighted by molar-refractivity contribution is 0.410. The van der Waals surface area contributed by atoms with Crippen LogP contribution >= 0.6 is 0 Å². The fourth-order valence-corrected chi connectivity index (χ4v) is 2.70. The van der Waals surface area contributed by atoms with Crippen molar-refractivity contribution in [2.24, 2.45) is 5.73 Å². The summed E-state index contributed by atoms with van der Waals surface area (Å²) in [5.41, 5.74) is 7.41. The predicted octanol–water partition coefficient (Wildman–Crippen LogP) is 2.18. The largest absolute Gasteiger partial charge is 0.367 e. The summed E-state index contributed by atoms with van der Waals surface area (Å²) in [7, 11) is 0. The van der Waals surface area contributed by atoms with E-state index in [0.29, 0.717) is 17.6 Å². The number of benzene rings is 1. The minimum atomic E-state index is 0.334. The van der Waals surface area contributed by atoms with Crippen LogP contribution in [0.4, 0.5) is 5.82 Å². The van der Waals surface area contributed by atoms with Gasteiger partial charge < -0.3 is 11.1 Å². The molecule has 2 aromatic rings. The maximum absolute atomic E-state index is 9.01. The Bertz CT molecular complexity index is 653. The second-order valence-corrected chi connectivity index (χ2v) is 5.32. The molecule has 1 aliphatic carbocycles. The van der Waals surface area contributed by atoms with Gasteiger partial charge in [0.05, 0.1) is 17.1 Å².